The Balaban J connectivity index is 2.41. The van der Waals surface area contributed by atoms with Gasteiger partial charge in [-0.3, -0.25) is 0 Å². The number of aryl methyl sites for hydroxylation is 1. The molecule has 1 atom stereocenters. The molecule has 1 heterocycles. The van der Waals surface area contributed by atoms with Gasteiger partial charge in [-0.1, -0.05) is 23.7 Å². The Kier molecular flexibility index (Phi) is 3.70. The van der Waals surface area contributed by atoms with E-state index in [1.165, 1.54) is 0 Å². The van der Waals surface area contributed by atoms with E-state index < -0.39 is 0 Å². The summed E-state index contributed by atoms with van der Waals surface area (Å²) in [5.41, 5.74) is 9.39. The Morgan fingerprint density at radius 2 is 2.06 bits per heavy atom. The van der Waals surface area contributed by atoms with Gasteiger partial charge in [0.25, 0.3) is 0 Å². The van der Waals surface area contributed by atoms with Crippen molar-refractivity contribution in [2.24, 2.45) is 5.73 Å². The number of hydrogen-bond acceptors (Lipinski definition) is 2. The molecule has 0 saturated carbocycles. The van der Waals surface area contributed by atoms with Crippen LogP contribution in [-0.2, 0) is 0 Å². The van der Waals surface area contributed by atoms with Gasteiger partial charge in [-0.05, 0) is 51.0 Å². The van der Waals surface area contributed by atoms with Crippen LogP contribution in [0.1, 0.15) is 22.7 Å². The average molecular weight is 317 g/mol. The SMILES string of the molecule is Cc1ccc(C(N)c2cscc2Br)c(Cl)c1. The minimum Gasteiger partial charge on any atom is -0.320 e. The van der Waals surface area contributed by atoms with Gasteiger partial charge < -0.3 is 5.73 Å². The van der Waals surface area contributed by atoms with Crippen molar-refractivity contribution in [2.45, 2.75) is 13.0 Å². The third kappa shape index (κ3) is 2.33. The molecule has 0 aliphatic rings. The molecule has 4 heteroatoms. The highest BCUT2D eigenvalue weighted by Crippen LogP contribution is 2.33. The van der Waals surface area contributed by atoms with E-state index in [9.17, 15) is 0 Å². The molecule has 2 rings (SSSR count). The fourth-order valence-electron chi connectivity index (χ4n) is 1.57. The molecular weight excluding hydrogens is 306 g/mol. The van der Waals surface area contributed by atoms with Gasteiger partial charge in [0.1, 0.15) is 0 Å². The molecule has 2 aromatic rings. The maximum Gasteiger partial charge on any atom is 0.0585 e. The Bertz CT molecular complexity index is 509. The van der Waals surface area contributed by atoms with Gasteiger partial charge in [-0.2, -0.15) is 11.3 Å². The number of rotatable bonds is 2. The number of nitrogens with two attached hydrogens (primary N) is 1. The molecule has 1 nitrogen and oxygen atoms in total. The summed E-state index contributed by atoms with van der Waals surface area (Å²) in [7, 11) is 0. The van der Waals surface area contributed by atoms with E-state index >= 15 is 0 Å². The van der Waals surface area contributed by atoms with Crippen molar-refractivity contribution in [3.05, 3.63) is 55.1 Å². The van der Waals surface area contributed by atoms with Crippen molar-refractivity contribution in [2.75, 3.05) is 0 Å². The van der Waals surface area contributed by atoms with E-state index in [1.54, 1.807) is 11.3 Å². The van der Waals surface area contributed by atoms with Crippen molar-refractivity contribution in [3.63, 3.8) is 0 Å². The second kappa shape index (κ2) is 4.88. The topological polar surface area (TPSA) is 26.0 Å². The van der Waals surface area contributed by atoms with Gasteiger partial charge >= 0.3 is 0 Å². The van der Waals surface area contributed by atoms with Crippen molar-refractivity contribution in [1.82, 2.24) is 0 Å². The van der Waals surface area contributed by atoms with E-state index in [1.807, 2.05) is 35.9 Å². The summed E-state index contributed by atoms with van der Waals surface area (Å²) in [6, 6.07) is 5.79. The van der Waals surface area contributed by atoms with Crippen LogP contribution >= 0.6 is 38.9 Å². The van der Waals surface area contributed by atoms with Gasteiger partial charge in [-0.25, -0.2) is 0 Å². The maximum atomic E-state index is 6.20. The Morgan fingerprint density at radius 3 is 2.62 bits per heavy atom. The van der Waals surface area contributed by atoms with Gasteiger partial charge in [0.05, 0.1) is 6.04 Å². The lowest BCUT2D eigenvalue weighted by Gasteiger charge is -2.13. The smallest absolute Gasteiger partial charge is 0.0585 e. The molecule has 2 N–H and O–H groups in total. The van der Waals surface area contributed by atoms with E-state index in [2.05, 4.69) is 15.9 Å². The first-order valence-electron chi connectivity index (χ1n) is 4.83. The predicted molar refractivity (Wildman–Crippen MR) is 74.2 cm³/mol. The Morgan fingerprint density at radius 1 is 1.31 bits per heavy atom. The van der Waals surface area contributed by atoms with Gasteiger partial charge in [0, 0.05) is 14.9 Å². The summed E-state index contributed by atoms with van der Waals surface area (Å²) in [5, 5.41) is 4.80. The number of hydrogen-bond donors (Lipinski definition) is 1. The van der Waals surface area contributed by atoms with Crippen LogP contribution in [-0.4, -0.2) is 0 Å². The minimum absolute atomic E-state index is 0.172. The summed E-state index contributed by atoms with van der Waals surface area (Å²) in [5.74, 6) is 0. The van der Waals surface area contributed by atoms with Crippen LogP contribution in [0.25, 0.3) is 0 Å². The molecule has 0 fully saturated rings. The fourth-order valence-corrected chi connectivity index (χ4v) is 3.50. The largest absolute Gasteiger partial charge is 0.320 e. The molecule has 1 aromatic heterocycles. The number of halogens is 2. The molecule has 16 heavy (non-hydrogen) atoms. The monoisotopic (exact) mass is 315 g/mol. The molecule has 0 bridgehead atoms. The standard InChI is InChI=1S/C12H11BrClNS/c1-7-2-3-8(11(14)4-7)12(15)9-5-16-6-10(9)13/h2-6,12H,15H2,1H3. The first-order chi connectivity index (χ1) is 7.59. The second-order valence-corrected chi connectivity index (χ2v) is 5.68. The van der Waals surface area contributed by atoms with E-state index in [0.29, 0.717) is 0 Å². The molecule has 0 aliphatic heterocycles. The third-order valence-corrected chi connectivity index (χ3v) is 4.55. The van der Waals surface area contributed by atoms with E-state index in [0.717, 1.165) is 26.2 Å². The van der Waals surface area contributed by atoms with Crippen molar-refractivity contribution < 1.29 is 0 Å². The molecular formula is C12H11BrClNS. The van der Waals surface area contributed by atoms with Crippen LogP contribution in [0, 0.1) is 6.92 Å². The average Bonchev–Trinajstić information content (AvgIpc) is 2.63. The van der Waals surface area contributed by atoms with Crippen LogP contribution in [0.5, 0.6) is 0 Å². The zero-order valence-electron chi connectivity index (χ0n) is 8.71. The fraction of sp³-hybridized carbons (Fsp3) is 0.167. The molecule has 0 radical (unpaired) electrons. The van der Waals surface area contributed by atoms with Crippen LogP contribution in [0.15, 0.2) is 33.4 Å². The predicted octanol–water partition coefficient (Wildman–Crippen LogP) is 4.52. The van der Waals surface area contributed by atoms with Crippen molar-refractivity contribution >= 4 is 38.9 Å². The zero-order valence-corrected chi connectivity index (χ0v) is 11.9. The van der Waals surface area contributed by atoms with Crippen LogP contribution in [0.4, 0.5) is 0 Å². The Labute approximate surface area is 112 Å². The highest BCUT2D eigenvalue weighted by molar-refractivity contribution is 9.10. The summed E-state index contributed by atoms with van der Waals surface area (Å²) in [6.45, 7) is 2.02. The molecule has 84 valence electrons. The third-order valence-electron chi connectivity index (χ3n) is 2.47. The Hall–Kier alpha value is -0.350. The zero-order chi connectivity index (χ0) is 11.7. The maximum absolute atomic E-state index is 6.20. The van der Waals surface area contributed by atoms with E-state index in [-0.39, 0.29) is 6.04 Å². The lowest BCUT2D eigenvalue weighted by molar-refractivity contribution is 0.871. The van der Waals surface area contributed by atoms with Gasteiger partial charge in [0.15, 0.2) is 0 Å². The molecule has 0 aliphatic carbocycles. The first kappa shape index (κ1) is 12.1. The summed E-state index contributed by atoms with van der Waals surface area (Å²) in [6.07, 6.45) is 0. The van der Waals surface area contributed by atoms with Crippen LogP contribution in [0.2, 0.25) is 5.02 Å². The van der Waals surface area contributed by atoms with Crippen LogP contribution in [0.3, 0.4) is 0 Å². The molecule has 1 aromatic carbocycles. The van der Waals surface area contributed by atoms with Crippen molar-refractivity contribution in [3.8, 4) is 0 Å². The molecule has 0 spiro atoms. The van der Waals surface area contributed by atoms with Crippen LogP contribution < -0.4 is 5.73 Å². The highest BCUT2D eigenvalue weighted by Gasteiger charge is 2.15. The highest BCUT2D eigenvalue weighted by atomic mass is 79.9. The number of thiophene rings is 1. The minimum atomic E-state index is -0.172. The normalized spacial score (nSPS) is 12.8. The van der Waals surface area contributed by atoms with E-state index in [4.69, 9.17) is 17.3 Å². The molecule has 1 unspecified atom stereocenters. The van der Waals surface area contributed by atoms with Gasteiger partial charge in [0.2, 0.25) is 0 Å². The van der Waals surface area contributed by atoms with Gasteiger partial charge in [-0.15, -0.1) is 0 Å². The molecule has 0 saturated heterocycles. The first-order valence-corrected chi connectivity index (χ1v) is 6.94. The lowest BCUT2D eigenvalue weighted by atomic mass is 10.0. The molecule has 0 amide bonds. The summed E-state index contributed by atoms with van der Waals surface area (Å²) < 4.78 is 1.04. The summed E-state index contributed by atoms with van der Waals surface area (Å²) >= 11 is 11.3. The van der Waals surface area contributed by atoms with Crippen molar-refractivity contribution in [1.29, 1.82) is 0 Å². The lowest BCUT2D eigenvalue weighted by Crippen LogP contribution is -2.12. The second-order valence-electron chi connectivity index (χ2n) is 3.68. The quantitative estimate of drug-likeness (QED) is 0.866. The summed E-state index contributed by atoms with van der Waals surface area (Å²) in [4.78, 5) is 0. The number of benzene rings is 1.